The Labute approximate surface area is 133 Å². The van der Waals surface area contributed by atoms with E-state index in [2.05, 4.69) is 108 Å². The van der Waals surface area contributed by atoms with Crippen LogP contribution in [-0.4, -0.2) is 99.5 Å². The van der Waals surface area contributed by atoms with Crippen LogP contribution < -0.4 is 4.17 Å². The Hall–Kier alpha value is 0.370. The van der Waals surface area contributed by atoms with Gasteiger partial charge in [-0.2, -0.15) is 0 Å². The van der Waals surface area contributed by atoms with E-state index in [1.165, 1.54) is 0 Å². The molecule has 0 saturated heterocycles. The molecule has 0 aliphatic carbocycles. The second kappa shape index (κ2) is 7.77. The molecule has 0 unspecified atom stereocenters. The summed E-state index contributed by atoms with van der Waals surface area (Å²) in [5.41, 5.74) is 0.474. The van der Waals surface area contributed by atoms with E-state index in [1.54, 1.807) is 0 Å². The minimum atomic E-state index is -1.90. The monoisotopic (exact) mass is 339 g/mol. The van der Waals surface area contributed by atoms with Crippen molar-refractivity contribution in [1.82, 2.24) is 27.5 Å². The third kappa shape index (κ3) is 3.83. The molecular weight excluding hydrogens is 302 g/mol. The van der Waals surface area contributed by atoms with Gasteiger partial charge in [-0.05, 0) is 84.3 Å². The predicted octanol–water partition coefficient (Wildman–Crippen LogP) is 2.25. The van der Waals surface area contributed by atoms with Gasteiger partial charge < -0.3 is 0 Å². The predicted molar refractivity (Wildman–Crippen MR) is 99.5 cm³/mol. The third-order valence-electron chi connectivity index (χ3n) is 3.73. The first-order valence-corrected chi connectivity index (χ1v) is 10.6. The summed E-state index contributed by atoms with van der Waals surface area (Å²) < 4.78 is 17.1. The van der Waals surface area contributed by atoms with E-state index < -0.39 is 14.9 Å². The van der Waals surface area contributed by atoms with Gasteiger partial charge in [0.05, 0.1) is 5.66 Å². The van der Waals surface area contributed by atoms with Gasteiger partial charge in [0, 0.05) is 0 Å². The van der Waals surface area contributed by atoms with Crippen molar-refractivity contribution in [1.29, 1.82) is 0 Å². The molecule has 0 fully saturated rings. The molecular formula is C13H37N6P2+. The van der Waals surface area contributed by atoms with Gasteiger partial charge in [0.15, 0.2) is 0 Å². The molecule has 21 heavy (non-hydrogen) atoms. The molecule has 0 amide bonds. The minimum absolute atomic E-state index is 0.474. The number of nitrogens with zero attached hydrogens (tertiary/aromatic N) is 6. The molecule has 8 heteroatoms. The SMILES string of the molecule is CC(C)P(=[N+]=P(N(C)C)(N(C)C)N(C)C)(N(C)C)N(C)C. The van der Waals surface area contributed by atoms with Gasteiger partial charge in [-0.25, -0.2) is 23.4 Å². The van der Waals surface area contributed by atoms with Crippen molar-refractivity contribution in [3.8, 4) is 0 Å². The molecule has 0 atom stereocenters. The van der Waals surface area contributed by atoms with Crippen molar-refractivity contribution in [2.24, 2.45) is 0 Å². The van der Waals surface area contributed by atoms with Gasteiger partial charge in [0.2, 0.25) is 0 Å². The second-order valence-corrected chi connectivity index (χ2v) is 14.6. The zero-order valence-electron chi connectivity index (χ0n) is 16.2. The summed E-state index contributed by atoms with van der Waals surface area (Å²) in [4.78, 5) is 0. The average Bonchev–Trinajstić information content (AvgIpc) is 2.26. The molecule has 0 aromatic rings. The Balaban J connectivity index is 7.26. The van der Waals surface area contributed by atoms with Gasteiger partial charge in [-0.15, -0.1) is 0 Å². The quantitative estimate of drug-likeness (QED) is 0.547. The smallest absolute Gasteiger partial charge is 0.216 e. The van der Waals surface area contributed by atoms with Crippen molar-refractivity contribution in [2.45, 2.75) is 19.5 Å². The van der Waals surface area contributed by atoms with Crippen LogP contribution in [0.2, 0.25) is 0 Å². The number of hydrogen-bond acceptors (Lipinski definition) is 0. The molecule has 0 aromatic heterocycles. The Kier molecular flexibility index (Phi) is 7.90. The highest BCUT2D eigenvalue weighted by Crippen LogP contribution is 2.60. The number of hydrogen-bond donors (Lipinski definition) is 0. The van der Waals surface area contributed by atoms with E-state index in [-0.39, 0.29) is 0 Å². The molecule has 0 spiro atoms. The molecule has 128 valence electrons. The third-order valence-corrected chi connectivity index (χ3v) is 12.7. The number of rotatable bonds is 6. The standard InChI is InChI=1S/C13H37N6P2/c1-13(2)20(15(3)4,16(5)6)14-21(17(7)8,18(9)10)19(11)12/h13H,1-12H3/q+1. The van der Waals surface area contributed by atoms with Crippen LogP contribution in [0.25, 0.3) is 0 Å². The molecule has 0 saturated carbocycles. The van der Waals surface area contributed by atoms with Gasteiger partial charge >= 0.3 is 14.9 Å². The maximum absolute atomic E-state index is 5.59. The Morgan fingerprint density at radius 3 is 1.00 bits per heavy atom. The highest BCUT2D eigenvalue weighted by Gasteiger charge is 2.47. The maximum Gasteiger partial charge on any atom is 0.428 e. The minimum Gasteiger partial charge on any atom is -0.216 e. The molecule has 0 heterocycles. The van der Waals surface area contributed by atoms with E-state index in [4.69, 9.17) is 4.17 Å². The van der Waals surface area contributed by atoms with Crippen molar-refractivity contribution >= 4 is 14.9 Å². The highest BCUT2D eigenvalue weighted by atomic mass is 31.2. The fraction of sp³-hybridized carbons (Fsp3) is 1.00. The summed E-state index contributed by atoms with van der Waals surface area (Å²) in [6.07, 6.45) is 0. The molecule has 6 nitrogen and oxygen atoms in total. The molecule has 0 rings (SSSR count). The first kappa shape index (κ1) is 21.4. The average molecular weight is 339 g/mol. The van der Waals surface area contributed by atoms with E-state index in [0.717, 1.165) is 0 Å². The van der Waals surface area contributed by atoms with Gasteiger partial charge in [0.1, 0.15) is 0 Å². The fourth-order valence-electron chi connectivity index (χ4n) is 3.03. The van der Waals surface area contributed by atoms with Crippen molar-refractivity contribution in [3.63, 3.8) is 0 Å². The summed E-state index contributed by atoms with van der Waals surface area (Å²) in [5, 5.41) is 0. The van der Waals surface area contributed by atoms with Crippen LogP contribution in [0.5, 0.6) is 0 Å². The molecule has 0 radical (unpaired) electrons. The summed E-state index contributed by atoms with van der Waals surface area (Å²) in [6.45, 7) is 4.57. The van der Waals surface area contributed by atoms with Crippen LogP contribution in [0.3, 0.4) is 0 Å². The zero-order chi connectivity index (χ0) is 17.2. The first-order valence-electron chi connectivity index (χ1n) is 7.29. The van der Waals surface area contributed by atoms with Gasteiger partial charge in [-0.3, -0.25) is 0 Å². The first-order chi connectivity index (χ1) is 9.37. The van der Waals surface area contributed by atoms with Crippen LogP contribution >= 0.6 is 14.9 Å². The van der Waals surface area contributed by atoms with Crippen molar-refractivity contribution in [3.05, 3.63) is 0 Å². The maximum atomic E-state index is 5.59. The molecule has 0 aliphatic rings. The summed E-state index contributed by atoms with van der Waals surface area (Å²) in [7, 11) is 17.8. The summed E-state index contributed by atoms with van der Waals surface area (Å²) >= 11 is 0. The lowest BCUT2D eigenvalue weighted by molar-refractivity contribution is 0.471. The van der Waals surface area contributed by atoms with Crippen LogP contribution in [0, 0.1) is 0 Å². The topological polar surface area (TPSA) is 30.3 Å². The molecule has 0 bridgehead atoms. The van der Waals surface area contributed by atoms with E-state index in [1.807, 2.05) is 0 Å². The Morgan fingerprint density at radius 2 is 0.857 bits per heavy atom. The lowest BCUT2D eigenvalue weighted by Gasteiger charge is -2.34. The van der Waals surface area contributed by atoms with Crippen LogP contribution in [0.1, 0.15) is 13.8 Å². The summed E-state index contributed by atoms with van der Waals surface area (Å²) in [6, 6.07) is 0. The Bertz CT molecular complexity index is 353. The lowest BCUT2D eigenvalue weighted by Crippen LogP contribution is -2.34. The van der Waals surface area contributed by atoms with Crippen LogP contribution in [0.4, 0.5) is 0 Å². The fourth-order valence-corrected chi connectivity index (χ4v) is 13.2. The van der Waals surface area contributed by atoms with Crippen molar-refractivity contribution in [2.75, 3.05) is 70.5 Å². The molecule has 0 aliphatic heterocycles. The van der Waals surface area contributed by atoms with Crippen LogP contribution in [-0.2, 0) is 0 Å². The van der Waals surface area contributed by atoms with Gasteiger partial charge in [-0.1, -0.05) is 4.17 Å². The summed E-state index contributed by atoms with van der Waals surface area (Å²) in [5.74, 6) is 0. The Morgan fingerprint density at radius 1 is 0.571 bits per heavy atom. The van der Waals surface area contributed by atoms with Gasteiger partial charge in [0.25, 0.3) is 0 Å². The van der Waals surface area contributed by atoms with E-state index >= 15 is 0 Å². The second-order valence-electron chi connectivity index (χ2n) is 6.57. The lowest BCUT2D eigenvalue weighted by atomic mass is 10.6. The van der Waals surface area contributed by atoms with E-state index in [9.17, 15) is 0 Å². The van der Waals surface area contributed by atoms with Crippen LogP contribution in [0.15, 0.2) is 0 Å². The molecule has 0 aromatic carbocycles. The highest BCUT2D eigenvalue weighted by molar-refractivity contribution is 7.68. The van der Waals surface area contributed by atoms with E-state index in [0.29, 0.717) is 5.66 Å². The zero-order valence-corrected chi connectivity index (χ0v) is 17.9. The van der Waals surface area contributed by atoms with Crippen molar-refractivity contribution < 1.29 is 0 Å². The normalized spacial score (nSPS) is 14.2. The largest absolute Gasteiger partial charge is 0.428 e. The molecule has 0 N–H and O–H groups in total.